The van der Waals surface area contributed by atoms with E-state index in [9.17, 15) is 5.11 Å². The highest BCUT2D eigenvalue weighted by molar-refractivity contribution is 6.30. The number of nitrogens with zero attached hydrogens (tertiary/aromatic N) is 1. The predicted molar refractivity (Wildman–Crippen MR) is 70.0 cm³/mol. The van der Waals surface area contributed by atoms with Crippen molar-refractivity contribution in [2.45, 2.75) is 18.6 Å². The number of benzene rings is 1. The van der Waals surface area contributed by atoms with Gasteiger partial charge in [-0.2, -0.15) is 0 Å². The SMILES string of the molecule is OCC(O)CN1CCC(Oc2ccc(Cl)cc2)C1. The van der Waals surface area contributed by atoms with E-state index in [0.29, 0.717) is 11.6 Å². The van der Waals surface area contributed by atoms with Crippen LogP contribution in [0.5, 0.6) is 5.75 Å². The monoisotopic (exact) mass is 271 g/mol. The molecule has 1 aromatic carbocycles. The fraction of sp³-hybridized carbons (Fsp3) is 0.538. The third kappa shape index (κ3) is 3.85. The topological polar surface area (TPSA) is 52.9 Å². The maximum atomic E-state index is 9.38. The zero-order valence-corrected chi connectivity index (χ0v) is 10.9. The molecule has 4 nitrogen and oxygen atoms in total. The molecule has 2 unspecified atom stereocenters. The first kappa shape index (κ1) is 13.6. The molecule has 5 heteroatoms. The molecule has 18 heavy (non-hydrogen) atoms. The molecule has 0 aromatic heterocycles. The van der Waals surface area contributed by atoms with Crippen LogP contribution in [0.25, 0.3) is 0 Å². The molecule has 2 rings (SSSR count). The van der Waals surface area contributed by atoms with Gasteiger partial charge >= 0.3 is 0 Å². The molecule has 100 valence electrons. The van der Waals surface area contributed by atoms with Crippen LogP contribution in [0.3, 0.4) is 0 Å². The van der Waals surface area contributed by atoms with Crippen LogP contribution >= 0.6 is 11.6 Å². The number of likely N-dealkylation sites (tertiary alicyclic amines) is 1. The molecule has 2 N–H and O–H groups in total. The summed E-state index contributed by atoms with van der Waals surface area (Å²) >= 11 is 5.81. The predicted octanol–water partition coefficient (Wildman–Crippen LogP) is 1.15. The maximum Gasteiger partial charge on any atom is 0.119 e. The van der Waals surface area contributed by atoms with Crippen molar-refractivity contribution in [3.8, 4) is 5.75 Å². The van der Waals surface area contributed by atoms with E-state index in [4.69, 9.17) is 21.4 Å². The van der Waals surface area contributed by atoms with Gasteiger partial charge in [-0.15, -0.1) is 0 Å². The van der Waals surface area contributed by atoms with Crippen LogP contribution in [-0.2, 0) is 0 Å². The number of rotatable bonds is 5. The van der Waals surface area contributed by atoms with Crippen molar-refractivity contribution in [1.82, 2.24) is 4.90 Å². The third-order valence-electron chi connectivity index (χ3n) is 3.03. The maximum absolute atomic E-state index is 9.38. The van der Waals surface area contributed by atoms with Gasteiger partial charge in [0.15, 0.2) is 0 Å². The molecule has 0 bridgehead atoms. The van der Waals surface area contributed by atoms with Gasteiger partial charge in [0.25, 0.3) is 0 Å². The van der Waals surface area contributed by atoms with Gasteiger partial charge in [-0.25, -0.2) is 0 Å². The van der Waals surface area contributed by atoms with Crippen LogP contribution in [0.15, 0.2) is 24.3 Å². The minimum Gasteiger partial charge on any atom is -0.489 e. The smallest absolute Gasteiger partial charge is 0.119 e. The molecule has 2 atom stereocenters. The van der Waals surface area contributed by atoms with Gasteiger partial charge in [-0.05, 0) is 30.7 Å². The minimum absolute atomic E-state index is 0.136. The van der Waals surface area contributed by atoms with Gasteiger partial charge in [-0.3, -0.25) is 4.90 Å². The molecule has 0 saturated carbocycles. The summed E-state index contributed by atoms with van der Waals surface area (Å²) in [5.41, 5.74) is 0. The van der Waals surface area contributed by atoms with Gasteiger partial charge in [0, 0.05) is 24.7 Å². The number of halogens is 1. The summed E-state index contributed by atoms with van der Waals surface area (Å²) in [5, 5.41) is 18.9. The normalized spacial score (nSPS) is 22.1. The largest absolute Gasteiger partial charge is 0.489 e. The second-order valence-corrected chi connectivity index (χ2v) is 5.01. The Balaban J connectivity index is 1.80. The van der Waals surface area contributed by atoms with E-state index in [1.54, 1.807) is 12.1 Å². The van der Waals surface area contributed by atoms with E-state index in [0.717, 1.165) is 25.3 Å². The molecule has 0 spiro atoms. The van der Waals surface area contributed by atoms with Crippen molar-refractivity contribution >= 4 is 11.6 Å². The Hall–Kier alpha value is -0.810. The summed E-state index contributed by atoms with van der Waals surface area (Å²) in [5.74, 6) is 0.814. The Morgan fingerprint density at radius 2 is 2.11 bits per heavy atom. The molecule has 0 radical (unpaired) electrons. The number of β-amino-alcohol motifs (C(OH)–C–C–N with tert-alkyl or cyclic N) is 1. The molecular weight excluding hydrogens is 254 g/mol. The number of hydrogen-bond acceptors (Lipinski definition) is 4. The van der Waals surface area contributed by atoms with Gasteiger partial charge in [0.05, 0.1) is 12.7 Å². The molecule has 1 saturated heterocycles. The van der Waals surface area contributed by atoms with Gasteiger partial charge < -0.3 is 14.9 Å². The molecular formula is C13H18ClNO3. The second-order valence-electron chi connectivity index (χ2n) is 4.58. The average Bonchev–Trinajstić information content (AvgIpc) is 2.79. The quantitative estimate of drug-likeness (QED) is 0.844. The molecule has 0 aliphatic carbocycles. The van der Waals surface area contributed by atoms with E-state index < -0.39 is 6.10 Å². The summed E-state index contributed by atoms with van der Waals surface area (Å²) in [6.07, 6.45) is 0.400. The van der Waals surface area contributed by atoms with Gasteiger partial charge in [0.2, 0.25) is 0 Å². The number of aliphatic hydroxyl groups excluding tert-OH is 2. The first-order valence-corrected chi connectivity index (χ1v) is 6.48. The lowest BCUT2D eigenvalue weighted by Gasteiger charge is -2.19. The summed E-state index contributed by atoms with van der Waals surface area (Å²) < 4.78 is 5.83. The third-order valence-corrected chi connectivity index (χ3v) is 3.28. The van der Waals surface area contributed by atoms with Gasteiger partial charge in [0.1, 0.15) is 11.9 Å². The Kier molecular flexibility index (Phi) is 4.83. The van der Waals surface area contributed by atoms with Crippen LogP contribution in [-0.4, -0.2) is 53.6 Å². The van der Waals surface area contributed by atoms with Crippen molar-refractivity contribution in [1.29, 1.82) is 0 Å². The van der Waals surface area contributed by atoms with Crippen LogP contribution in [0.1, 0.15) is 6.42 Å². The first-order valence-electron chi connectivity index (χ1n) is 6.11. The summed E-state index contributed by atoms with van der Waals surface area (Å²) in [6.45, 7) is 1.96. The molecule has 1 aliphatic heterocycles. The van der Waals surface area contributed by atoms with Crippen LogP contribution in [0, 0.1) is 0 Å². The van der Waals surface area contributed by atoms with Crippen molar-refractivity contribution < 1.29 is 14.9 Å². The van der Waals surface area contributed by atoms with E-state index in [-0.39, 0.29) is 12.7 Å². The van der Waals surface area contributed by atoms with Crippen LogP contribution in [0.2, 0.25) is 5.02 Å². The lowest BCUT2D eigenvalue weighted by molar-refractivity contribution is 0.0628. The highest BCUT2D eigenvalue weighted by atomic mass is 35.5. The minimum atomic E-state index is -0.667. The standard InChI is InChI=1S/C13H18ClNO3/c14-10-1-3-12(4-2-10)18-13-5-6-15(8-13)7-11(17)9-16/h1-4,11,13,16-17H,5-9H2. The number of hydrogen-bond donors (Lipinski definition) is 2. The summed E-state index contributed by atoms with van der Waals surface area (Å²) in [7, 11) is 0. The van der Waals surface area contributed by atoms with Crippen molar-refractivity contribution in [3.05, 3.63) is 29.3 Å². The van der Waals surface area contributed by atoms with E-state index in [1.807, 2.05) is 12.1 Å². The molecule has 1 fully saturated rings. The lowest BCUT2D eigenvalue weighted by Crippen LogP contribution is -2.34. The van der Waals surface area contributed by atoms with Crippen molar-refractivity contribution in [2.24, 2.45) is 0 Å². The van der Waals surface area contributed by atoms with Crippen LogP contribution in [0.4, 0.5) is 0 Å². The fourth-order valence-electron chi connectivity index (χ4n) is 2.12. The molecule has 1 aliphatic rings. The fourth-order valence-corrected chi connectivity index (χ4v) is 2.25. The highest BCUT2D eigenvalue weighted by Crippen LogP contribution is 2.20. The lowest BCUT2D eigenvalue weighted by atomic mass is 10.3. The number of ether oxygens (including phenoxy) is 1. The molecule has 0 amide bonds. The number of aliphatic hydroxyl groups is 2. The van der Waals surface area contributed by atoms with E-state index >= 15 is 0 Å². The Morgan fingerprint density at radius 1 is 1.39 bits per heavy atom. The zero-order chi connectivity index (χ0) is 13.0. The first-order chi connectivity index (χ1) is 8.67. The summed E-state index contributed by atoms with van der Waals surface area (Å²) in [4.78, 5) is 2.10. The zero-order valence-electron chi connectivity index (χ0n) is 10.1. The Labute approximate surface area is 112 Å². The van der Waals surface area contributed by atoms with Crippen molar-refractivity contribution in [3.63, 3.8) is 0 Å². The van der Waals surface area contributed by atoms with Crippen molar-refractivity contribution in [2.75, 3.05) is 26.2 Å². The van der Waals surface area contributed by atoms with Gasteiger partial charge in [-0.1, -0.05) is 11.6 Å². The Morgan fingerprint density at radius 3 is 2.78 bits per heavy atom. The summed E-state index contributed by atoms with van der Waals surface area (Å²) in [6, 6.07) is 7.32. The second kappa shape index (κ2) is 6.38. The molecule has 1 aromatic rings. The van der Waals surface area contributed by atoms with Crippen LogP contribution < -0.4 is 4.74 Å². The van der Waals surface area contributed by atoms with E-state index in [1.165, 1.54) is 0 Å². The molecule has 1 heterocycles. The highest BCUT2D eigenvalue weighted by Gasteiger charge is 2.25. The van der Waals surface area contributed by atoms with E-state index in [2.05, 4.69) is 4.90 Å². The average molecular weight is 272 g/mol. The Bertz CT molecular complexity index is 371.